The average molecular weight is 449 g/mol. The standard InChI is InChI=1S/C25H28N4O2S/c1-17-7-5-8-18(13-17)15-28-23(30)21-14-20(22-11-6-12-32-22)27-29(21)16-25(28,2)24(31)26-19-9-3-4-10-19/h5-8,11-14,19H,3-4,9-10,15-16H2,1-2H3,(H,26,31)/t25-/m0/s1. The maximum absolute atomic E-state index is 13.7. The van der Waals surface area contributed by atoms with E-state index in [9.17, 15) is 9.59 Å². The highest BCUT2D eigenvalue weighted by atomic mass is 32.1. The first-order valence-corrected chi connectivity index (χ1v) is 12.1. The van der Waals surface area contributed by atoms with Crippen molar-refractivity contribution >= 4 is 23.2 Å². The highest BCUT2D eigenvalue weighted by Gasteiger charge is 2.48. The smallest absolute Gasteiger partial charge is 0.273 e. The zero-order valence-corrected chi connectivity index (χ0v) is 19.3. The van der Waals surface area contributed by atoms with Crippen LogP contribution in [0.3, 0.4) is 0 Å². The molecule has 5 rings (SSSR count). The summed E-state index contributed by atoms with van der Waals surface area (Å²) in [6.45, 7) is 4.63. The van der Waals surface area contributed by atoms with Gasteiger partial charge < -0.3 is 10.2 Å². The van der Waals surface area contributed by atoms with Crippen LogP contribution < -0.4 is 5.32 Å². The van der Waals surface area contributed by atoms with E-state index in [4.69, 9.17) is 5.10 Å². The molecule has 0 unspecified atom stereocenters. The van der Waals surface area contributed by atoms with Crippen molar-refractivity contribution < 1.29 is 9.59 Å². The number of hydrogen-bond acceptors (Lipinski definition) is 4. The molecule has 6 nitrogen and oxygen atoms in total. The summed E-state index contributed by atoms with van der Waals surface area (Å²) in [6, 6.07) is 14.1. The highest BCUT2D eigenvalue weighted by Crippen LogP contribution is 2.33. The zero-order valence-electron chi connectivity index (χ0n) is 18.5. The van der Waals surface area contributed by atoms with Crippen molar-refractivity contribution in [3.8, 4) is 10.6 Å². The predicted octanol–water partition coefficient (Wildman–Crippen LogP) is 4.39. The van der Waals surface area contributed by atoms with E-state index in [1.54, 1.807) is 20.9 Å². The summed E-state index contributed by atoms with van der Waals surface area (Å²) in [5, 5.41) is 9.94. The SMILES string of the molecule is Cc1cccc(CN2C(=O)c3cc(-c4cccs4)nn3C[C@@]2(C)C(=O)NC2CCCC2)c1. The lowest BCUT2D eigenvalue weighted by Gasteiger charge is -2.43. The summed E-state index contributed by atoms with van der Waals surface area (Å²) in [6.07, 6.45) is 4.29. The van der Waals surface area contributed by atoms with Crippen LogP contribution in [-0.4, -0.2) is 38.1 Å². The van der Waals surface area contributed by atoms with Gasteiger partial charge in [-0.2, -0.15) is 5.10 Å². The van der Waals surface area contributed by atoms with Gasteiger partial charge in [0.15, 0.2) is 0 Å². The summed E-state index contributed by atoms with van der Waals surface area (Å²) in [7, 11) is 0. The van der Waals surface area contributed by atoms with Gasteiger partial charge in [0.25, 0.3) is 5.91 Å². The molecule has 0 saturated heterocycles. The van der Waals surface area contributed by atoms with Crippen molar-refractivity contribution in [3.63, 3.8) is 0 Å². The number of fused-ring (bicyclic) bond motifs is 1. The van der Waals surface area contributed by atoms with Gasteiger partial charge in [0.1, 0.15) is 16.9 Å². The third-order valence-corrected chi connectivity index (χ3v) is 7.57. The number of aromatic nitrogens is 2. The highest BCUT2D eigenvalue weighted by molar-refractivity contribution is 7.13. The van der Waals surface area contributed by atoms with Crippen LogP contribution in [0.1, 0.15) is 54.2 Å². The van der Waals surface area contributed by atoms with Crippen LogP contribution in [0.2, 0.25) is 0 Å². The molecule has 2 aromatic heterocycles. The Kier molecular flexibility index (Phi) is 5.37. The fourth-order valence-electron chi connectivity index (χ4n) is 4.84. The number of rotatable bonds is 5. The van der Waals surface area contributed by atoms with Gasteiger partial charge in [-0.15, -0.1) is 11.3 Å². The van der Waals surface area contributed by atoms with Gasteiger partial charge in [-0.05, 0) is 49.8 Å². The van der Waals surface area contributed by atoms with Gasteiger partial charge in [0, 0.05) is 12.6 Å². The van der Waals surface area contributed by atoms with E-state index in [1.165, 1.54) is 0 Å². The van der Waals surface area contributed by atoms with Gasteiger partial charge >= 0.3 is 0 Å². The van der Waals surface area contributed by atoms with Crippen LogP contribution in [-0.2, 0) is 17.9 Å². The van der Waals surface area contributed by atoms with E-state index in [2.05, 4.69) is 11.4 Å². The Balaban J connectivity index is 1.52. The molecule has 1 aromatic carbocycles. The van der Waals surface area contributed by atoms with E-state index < -0.39 is 5.54 Å². The minimum absolute atomic E-state index is 0.0933. The molecule has 0 spiro atoms. The number of nitrogens with one attached hydrogen (secondary N) is 1. The third-order valence-electron chi connectivity index (χ3n) is 6.67. The van der Waals surface area contributed by atoms with E-state index in [-0.39, 0.29) is 17.9 Å². The molecule has 0 radical (unpaired) electrons. The fourth-order valence-corrected chi connectivity index (χ4v) is 5.52. The molecule has 32 heavy (non-hydrogen) atoms. The monoisotopic (exact) mass is 448 g/mol. The van der Waals surface area contributed by atoms with Crippen LogP contribution in [0.4, 0.5) is 0 Å². The summed E-state index contributed by atoms with van der Waals surface area (Å²) < 4.78 is 1.72. The Hall–Kier alpha value is -2.93. The molecule has 1 saturated carbocycles. The first-order chi connectivity index (χ1) is 15.4. The van der Waals surface area contributed by atoms with Gasteiger partial charge in [-0.1, -0.05) is 48.7 Å². The first-order valence-electron chi connectivity index (χ1n) is 11.2. The molecule has 166 valence electrons. The summed E-state index contributed by atoms with van der Waals surface area (Å²) in [4.78, 5) is 30.1. The quantitative estimate of drug-likeness (QED) is 0.629. The van der Waals surface area contributed by atoms with Crippen molar-refractivity contribution in [2.75, 3.05) is 0 Å². The minimum Gasteiger partial charge on any atom is -0.351 e. The number of thiophene rings is 1. The van der Waals surface area contributed by atoms with Gasteiger partial charge in [0.05, 0.1) is 11.4 Å². The molecule has 7 heteroatoms. The molecular formula is C25H28N4O2S. The summed E-state index contributed by atoms with van der Waals surface area (Å²) in [5.41, 5.74) is 2.44. The van der Waals surface area contributed by atoms with Gasteiger partial charge in [0.2, 0.25) is 5.91 Å². The average Bonchev–Trinajstić information content (AvgIpc) is 3.52. The predicted molar refractivity (Wildman–Crippen MR) is 125 cm³/mol. The lowest BCUT2D eigenvalue weighted by Crippen LogP contribution is -2.64. The Morgan fingerprint density at radius 1 is 1.22 bits per heavy atom. The second-order valence-corrected chi connectivity index (χ2v) is 10.1. The summed E-state index contributed by atoms with van der Waals surface area (Å²) in [5.74, 6) is -0.249. The Bertz CT molecular complexity index is 1150. The van der Waals surface area contributed by atoms with E-state index in [0.717, 1.165) is 47.4 Å². The normalized spacial score (nSPS) is 21.1. The number of nitrogens with zero attached hydrogens (tertiary/aromatic N) is 3. The second-order valence-electron chi connectivity index (χ2n) is 9.16. The Morgan fingerprint density at radius 2 is 2.03 bits per heavy atom. The minimum atomic E-state index is -1.02. The maximum atomic E-state index is 13.7. The number of amides is 2. The molecule has 2 amide bonds. The van der Waals surface area contributed by atoms with Crippen molar-refractivity contribution in [2.45, 2.75) is 64.2 Å². The molecule has 3 heterocycles. The molecule has 1 aliphatic heterocycles. The summed E-state index contributed by atoms with van der Waals surface area (Å²) >= 11 is 1.59. The molecule has 3 aromatic rings. The number of hydrogen-bond donors (Lipinski definition) is 1. The number of carbonyl (C=O) groups excluding carboxylic acids is 2. The number of benzene rings is 1. The molecule has 0 bridgehead atoms. The van der Waals surface area contributed by atoms with E-state index in [0.29, 0.717) is 18.8 Å². The van der Waals surface area contributed by atoms with Crippen molar-refractivity contribution in [3.05, 3.63) is 64.7 Å². The molecule has 2 aliphatic rings. The van der Waals surface area contributed by atoms with Crippen molar-refractivity contribution in [1.29, 1.82) is 0 Å². The van der Waals surface area contributed by atoms with Crippen LogP contribution in [0.15, 0.2) is 47.8 Å². The number of carbonyl (C=O) groups is 2. The topological polar surface area (TPSA) is 67.2 Å². The largest absolute Gasteiger partial charge is 0.351 e. The number of aryl methyl sites for hydroxylation is 1. The molecule has 1 atom stereocenters. The Morgan fingerprint density at radius 3 is 2.75 bits per heavy atom. The van der Waals surface area contributed by atoms with Crippen molar-refractivity contribution in [2.24, 2.45) is 0 Å². The zero-order chi connectivity index (χ0) is 22.3. The fraction of sp³-hybridized carbons (Fsp3) is 0.400. The van der Waals surface area contributed by atoms with Gasteiger partial charge in [-0.3, -0.25) is 14.3 Å². The van der Waals surface area contributed by atoms with Gasteiger partial charge in [-0.25, -0.2) is 0 Å². The molecule has 1 aliphatic carbocycles. The lowest BCUT2D eigenvalue weighted by atomic mass is 9.93. The van der Waals surface area contributed by atoms with Crippen LogP contribution in [0.25, 0.3) is 10.6 Å². The first kappa shape index (κ1) is 20.9. The van der Waals surface area contributed by atoms with E-state index in [1.807, 2.05) is 55.6 Å². The van der Waals surface area contributed by atoms with Crippen LogP contribution in [0.5, 0.6) is 0 Å². The Labute approximate surface area is 192 Å². The molecular weight excluding hydrogens is 420 g/mol. The van der Waals surface area contributed by atoms with E-state index >= 15 is 0 Å². The molecule has 1 fully saturated rings. The third kappa shape index (κ3) is 3.75. The van der Waals surface area contributed by atoms with Crippen LogP contribution in [0, 0.1) is 6.92 Å². The van der Waals surface area contributed by atoms with Crippen LogP contribution >= 0.6 is 11.3 Å². The van der Waals surface area contributed by atoms with Crippen molar-refractivity contribution in [1.82, 2.24) is 20.0 Å². The lowest BCUT2D eigenvalue weighted by molar-refractivity contribution is -0.134. The maximum Gasteiger partial charge on any atom is 0.273 e. The molecule has 1 N–H and O–H groups in total. The second kappa shape index (κ2) is 8.20.